The van der Waals surface area contributed by atoms with Gasteiger partial charge in [-0.25, -0.2) is 4.98 Å². The quantitative estimate of drug-likeness (QED) is 0.777. The number of carbonyl (C=O) groups is 2. The Balaban J connectivity index is 1.87. The number of carbonyl (C=O) groups excluding carboxylic acids is 2. The van der Waals surface area contributed by atoms with E-state index in [0.717, 1.165) is 10.2 Å². The molecule has 7 heteroatoms. The summed E-state index contributed by atoms with van der Waals surface area (Å²) in [5.41, 5.74) is 3.27. The Labute approximate surface area is 144 Å². The fourth-order valence-electron chi connectivity index (χ4n) is 2.81. The van der Waals surface area contributed by atoms with Crippen molar-refractivity contribution in [2.45, 2.75) is 19.8 Å². The lowest BCUT2D eigenvalue weighted by Gasteiger charge is -2.28. The molecule has 0 bridgehead atoms. The lowest BCUT2D eigenvalue weighted by Crippen LogP contribution is -2.42. The maximum absolute atomic E-state index is 13.0. The Bertz CT molecular complexity index is 724. The molecule has 0 atom stereocenters. The van der Waals surface area contributed by atoms with E-state index >= 15 is 0 Å². The third-order valence-electron chi connectivity index (χ3n) is 4.05. The first-order valence-electron chi connectivity index (χ1n) is 8.07. The molecule has 0 saturated carbocycles. The van der Waals surface area contributed by atoms with Crippen LogP contribution in [0.4, 0.5) is 5.69 Å². The number of ether oxygens (including phenoxy) is 2. The van der Waals surface area contributed by atoms with Crippen LogP contribution in [0.2, 0.25) is 0 Å². The van der Waals surface area contributed by atoms with Gasteiger partial charge in [-0.1, -0.05) is 0 Å². The predicted octanol–water partition coefficient (Wildman–Crippen LogP) is 2.62. The lowest BCUT2D eigenvalue weighted by molar-refractivity contribution is -0.142. The standard InChI is InChI=1S/C17H20N2O4S/c1-2-23-16(20)10-19(17(21)12-5-7-22-8-6-12)13-3-4-15-14(9-13)18-11-24-15/h3-4,9,11-12H,2,5-8,10H2,1H3. The third kappa shape index (κ3) is 3.73. The summed E-state index contributed by atoms with van der Waals surface area (Å²) < 4.78 is 11.4. The summed E-state index contributed by atoms with van der Waals surface area (Å²) in [7, 11) is 0. The summed E-state index contributed by atoms with van der Waals surface area (Å²) in [6, 6.07) is 5.64. The van der Waals surface area contributed by atoms with Crippen LogP contribution >= 0.6 is 11.3 Å². The molecule has 1 aromatic heterocycles. The zero-order valence-corrected chi connectivity index (χ0v) is 14.4. The van der Waals surface area contributed by atoms with Gasteiger partial charge in [-0.2, -0.15) is 0 Å². The van der Waals surface area contributed by atoms with E-state index in [0.29, 0.717) is 38.3 Å². The van der Waals surface area contributed by atoms with E-state index in [-0.39, 0.29) is 18.4 Å². The fraction of sp³-hybridized carbons (Fsp3) is 0.471. The van der Waals surface area contributed by atoms with Crippen molar-refractivity contribution in [2.24, 2.45) is 5.92 Å². The predicted molar refractivity (Wildman–Crippen MR) is 92.1 cm³/mol. The molecule has 6 nitrogen and oxygen atoms in total. The van der Waals surface area contributed by atoms with Crippen LogP contribution in [0.15, 0.2) is 23.7 Å². The van der Waals surface area contributed by atoms with Crippen LogP contribution in [0.1, 0.15) is 19.8 Å². The number of hydrogen-bond donors (Lipinski definition) is 0. The monoisotopic (exact) mass is 348 g/mol. The van der Waals surface area contributed by atoms with E-state index in [1.54, 1.807) is 23.8 Å². The molecule has 1 aliphatic rings. The topological polar surface area (TPSA) is 68.7 Å². The van der Waals surface area contributed by atoms with Gasteiger partial charge in [-0.15, -0.1) is 11.3 Å². The minimum absolute atomic E-state index is 0.0547. The van der Waals surface area contributed by atoms with Crippen molar-refractivity contribution >= 4 is 39.1 Å². The first-order chi connectivity index (χ1) is 11.7. The summed E-state index contributed by atoms with van der Waals surface area (Å²) in [6.07, 6.45) is 1.36. The summed E-state index contributed by atoms with van der Waals surface area (Å²) in [5, 5.41) is 0. The van der Waals surface area contributed by atoms with Crippen molar-refractivity contribution in [1.82, 2.24) is 4.98 Å². The maximum Gasteiger partial charge on any atom is 0.326 e. The number of aromatic nitrogens is 1. The molecule has 2 heterocycles. The molecule has 0 N–H and O–H groups in total. The number of esters is 1. The van der Waals surface area contributed by atoms with Crippen LogP contribution in [0.25, 0.3) is 10.2 Å². The minimum atomic E-state index is -0.406. The molecule has 0 unspecified atom stereocenters. The molecular formula is C17H20N2O4S. The number of benzene rings is 1. The van der Waals surface area contributed by atoms with Crippen LogP contribution in [-0.2, 0) is 19.1 Å². The fourth-order valence-corrected chi connectivity index (χ4v) is 3.47. The number of anilines is 1. The summed E-state index contributed by atoms with van der Waals surface area (Å²) >= 11 is 1.54. The van der Waals surface area contributed by atoms with E-state index in [2.05, 4.69) is 4.98 Å². The average molecular weight is 348 g/mol. The Morgan fingerprint density at radius 2 is 2.17 bits per heavy atom. The lowest BCUT2D eigenvalue weighted by atomic mass is 9.98. The largest absolute Gasteiger partial charge is 0.465 e. The normalized spacial score (nSPS) is 15.4. The van der Waals surface area contributed by atoms with E-state index < -0.39 is 5.97 Å². The van der Waals surface area contributed by atoms with Crippen LogP contribution < -0.4 is 4.90 Å². The molecule has 1 amide bonds. The molecule has 0 spiro atoms. The number of rotatable bonds is 5. The second-order valence-electron chi connectivity index (χ2n) is 5.62. The van der Waals surface area contributed by atoms with Gasteiger partial charge in [-0.3, -0.25) is 9.59 Å². The van der Waals surface area contributed by atoms with Crippen molar-refractivity contribution in [3.05, 3.63) is 23.7 Å². The Hall–Kier alpha value is -1.99. The number of hydrogen-bond acceptors (Lipinski definition) is 6. The van der Waals surface area contributed by atoms with Crippen molar-refractivity contribution in [2.75, 3.05) is 31.3 Å². The highest BCUT2D eigenvalue weighted by atomic mass is 32.1. The smallest absolute Gasteiger partial charge is 0.326 e. The van der Waals surface area contributed by atoms with Gasteiger partial charge < -0.3 is 14.4 Å². The van der Waals surface area contributed by atoms with Gasteiger partial charge in [0, 0.05) is 24.8 Å². The first-order valence-corrected chi connectivity index (χ1v) is 8.95. The van der Waals surface area contributed by atoms with Crippen LogP contribution in [0, 0.1) is 5.92 Å². The average Bonchev–Trinajstić information content (AvgIpc) is 3.08. The van der Waals surface area contributed by atoms with E-state index in [1.165, 1.54) is 4.90 Å². The van der Waals surface area contributed by atoms with Crippen molar-refractivity contribution in [1.29, 1.82) is 0 Å². The van der Waals surface area contributed by atoms with Crippen molar-refractivity contribution in [3.8, 4) is 0 Å². The van der Waals surface area contributed by atoms with E-state index in [1.807, 2.05) is 18.2 Å². The number of fused-ring (bicyclic) bond motifs is 1. The van der Waals surface area contributed by atoms with Gasteiger partial charge in [0.1, 0.15) is 6.54 Å². The summed E-state index contributed by atoms with van der Waals surface area (Å²) in [6.45, 7) is 3.12. The van der Waals surface area contributed by atoms with Gasteiger partial charge in [-0.05, 0) is 38.0 Å². The van der Waals surface area contributed by atoms with E-state index in [9.17, 15) is 9.59 Å². The van der Waals surface area contributed by atoms with E-state index in [4.69, 9.17) is 9.47 Å². The van der Waals surface area contributed by atoms with Crippen LogP contribution in [-0.4, -0.2) is 43.2 Å². The highest BCUT2D eigenvalue weighted by molar-refractivity contribution is 7.16. The molecule has 1 fully saturated rings. The molecule has 1 saturated heterocycles. The third-order valence-corrected chi connectivity index (χ3v) is 4.86. The van der Waals surface area contributed by atoms with Gasteiger partial charge in [0.2, 0.25) is 5.91 Å². The van der Waals surface area contributed by atoms with Crippen molar-refractivity contribution in [3.63, 3.8) is 0 Å². The highest BCUT2D eigenvalue weighted by Gasteiger charge is 2.29. The zero-order chi connectivity index (χ0) is 16.9. The second kappa shape index (κ2) is 7.72. The SMILES string of the molecule is CCOC(=O)CN(C(=O)C1CCOCC1)c1ccc2scnc2c1. The number of amides is 1. The molecule has 1 aliphatic heterocycles. The Morgan fingerprint density at radius 1 is 1.38 bits per heavy atom. The number of thiazole rings is 1. The number of nitrogens with zero attached hydrogens (tertiary/aromatic N) is 2. The molecule has 24 heavy (non-hydrogen) atoms. The molecule has 0 radical (unpaired) electrons. The van der Waals surface area contributed by atoms with Crippen LogP contribution in [0.3, 0.4) is 0 Å². The van der Waals surface area contributed by atoms with Gasteiger partial charge in [0.15, 0.2) is 0 Å². The first kappa shape index (κ1) is 16.9. The van der Waals surface area contributed by atoms with Gasteiger partial charge in [0.25, 0.3) is 0 Å². The Morgan fingerprint density at radius 3 is 2.92 bits per heavy atom. The molecule has 2 aromatic rings. The van der Waals surface area contributed by atoms with Crippen LogP contribution in [0.5, 0.6) is 0 Å². The molecule has 128 valence electrons. The van der Waals surface area contributed by atoms with Gasteiger partial charge in [0.05, 0.1) is 22.3 Å². The van der Waals surface area contributed by atoms with Crippen molar-refractivity contribution < 1.29 is 19.1 Å². The molecule has 1 aromatic carbocycles. The Kier molecular flexibility index (Phi) is 5.42. The molecular weight excluding hydrogens is 328 g/mol. The highest BCUT2D eigenvalue weighted by Crippen LogP contribution is 2.27. The van der Waals surface area contributed by atoms with Gasteiger partial charge >= 0.3 is 5.97 Å². The molecule has 0 aliphatic carbocycles. The zero-order valence-electron chi connectivity index (χ0n) is 13.6. The summed E-state index contributed by atoms with van der Waals surface area (Å²) in [4.78, 5) is 30.7. The second-order valence-corrected chi connectivity index (χ2v) is 6.51. The molecule has 3 rings (SSSR count). The summed E-state index contributed by atoms with van der Waals surface area (Å²) in [5.74, 6) is -0.587. The maximum atomic E-state index is 13.0. The minimum Gasteiger partial charge on any atom is -0.465 e.